The number of hydrogen-bond donors (Lipinski definition) is 0. The van der Waals surface area contributed by atoms with Crippen LogP contribution in [-0.4, -0.2) is 4.98 Å². The van der Waals surface area contributed by atoms with Crippen LogP contribution in [0.2, 0.25) is 0 Å². The van der Waals surface area contributed by atoms with Gasteiger partial charge in [0.25, 0.3) is 0 Å². The first kappa shape index (κ1) is 38.7. The molecule has 0 amide bonds. The largest absolute Gasteiger partial charge is 0.311 e. The van der Waals surface area contributed by atoms with Crippen LogP contribution in [0.25, 0.3) is 54.5 Å². The molecule has 8 aromatic carbocycles. The van der Waals surface area contributed by atoms with Crippen molar-refractivity contribution in [1.29, 1.82) is 0 Å². The number of hydrogen-bond acceptors (Lipinski definition) is 2. The molecular formula is C53H44IrNOP-2. The van der Waals surface area contributed by atoms with Crippen LogP contribution in [0, 0.1) is 31.9 Å². The second kappa shape index (κ2) is 16.0. The second-order valence-electron chi connectivity index (χ2n) is 15.7. The maximum absolute atomic E-state index is 15.1. The van der Waals surface area contributed by atoms with E-state index in [0.717, 1.165) is 78.7 Å². The number of fused-ring (bicyclic) bond motifs is 7. The molecule has 1 aliphatic rings. The Morgan fingerprint density at radius 2 is 1.25 bits per heavy atom. The van der Waals surface area contributed by atoms with Gasteiger partial charge in [0, 0.05) is 36.1 Å². The Hall–Kier alpha value is -5.17. The molecule has 0 bridgehead atoms. The van der Waals surface area contributed by atoms with E-state index in [1.807, 2.05) is 60.7 Å². The summed E-state index contributed by atoms with van der Waals surface area (Å²) in [6, 6.07) is 59.1. The molecule has 0 fully saturated rings. The average molecular weight is 934 g/mol. The van der Waals surface area contributed by atoms with Gasteiger partial charge in [0.1, 0.15) is 7.14 Å². The zero-order chi connectivity index (χ0) is 38.4. The number of rotatable bonds is 5. The van der Waals surface area contributed by atoms with E-state index in [0.29, 0.717) is 5.92 Å². The van der Waals surface area contributed by atoms with Gasteiger partial charge in [-0.1, -0.05) is 154 Å². The van der Waals surface area contributed by atoms with Gasteiger partial charge in [-0.2, -0.15) is 18.2 Å². The molecule has 1 radical (unpaired) electrons. The molecular weight excluding hydrogens is 890 g/mol. The minimum absolute atomic E-state index is 0. The first-order valence-corrected chi connectivity index (χ1v) is 21.4. The van der Waals surface area contributed by atoms with Crippen LogP contribution in [0.4, 0.5) is 0 Å². The van der Waals surface area contributed by atoms with E-state index in [9.17, 15) is 0 Å². The Morgan fingerprint density at radius 1 is 0.649 bits per heavy atom. The smallest absolute Gasteiger partial charge is 0.147 e. The second-order valence-corrected chi connectivity index (χ2v) is 18.4. The van der Waals surface area contributed by atoms with Crippen molar-refractivity contribution < 1.29 is 24.7 Å². The van der Waals surface area contributed by atoms with Crippen LogP contribution in [0.15, 0.2) is 152 Å². The molecule has 0 aliphatic heterocycles. The van der Waals surface area contributed by atoms with Gasteiger partial charge in [-0.15, -0.1) is 51.2 Å². The first-order valence-electron chi connectivity index (χ1n) is 19.7. The quantitative estimate of drug-likeness (QED) is 0.127. The molecule has 1 aromatic heterocycles. The van der Waals surface area contributed by atoms with Crippen LogP contribution in [0.1, 0.15) is 41.7 Å². The Morgan fingerprint density at radius 3 is 1.88 bits per heavy atom. The van der Waals surface area contributed by atoms with Crippen molar-refractivity contribution in [1.82, 2.24) is 4.98 Å². The van der Waals surface area contributed by atoms with Gasteiger partial charge in [0.2, 0.25) is 0 Å². The normalized spacial score (nSPS) is 12.2. The van der Waals surface area contributed by atoms with Crippen molar-refractivity contribution in [3.8, 4) is 11.3 Å². The third kappa shape index (κ3) is 7.42. The number of aromatic nitrogens is 1. The van der Waals surface area contributed by atoms with Crippen molar-refractivity contribution in [2.75, 3.05) is 0 Å². The topological polar surface area (TPSA) is 30.0 Å². The Balaban J connectivity index is 0.000000163. The first-order chi connectivity index (χ1) is 27.2. The van der Waals surface area contributed by atoms with Crippen molar-refractivity contribution in [2.45, 2.75) is 47.0 Å². The molecule has 4 heteroatoms. The molecule has 283 valence electrons. The van der Waals surface area contributed by atoms with Crippen molar-refractivity contribution in [2.24, 2.45) is 5.92 Å². The fourth-order valence-corrected chi connectivity index (χ4v) is 11.1. The molecule has 0 N–H and O–H groups in total. The van der Waals surface area contributed by atoms with Crippen molar-refractivity contribution in [3.63, 3.8) is 0 Å². The summed E-state index contributed by atoms with van der Waals surface area (Å²) in [7, 11) is -3.15. The summed E-state index contributed by atoms with van der Waals surface area (Å²) in [4.78, 5) is 5.08. The number of pyridine rings is 1. The zero-order valence-corrected chi connectivity index (χ0v) is 36.1. The van der Waals surface area contributed by atoms with Gasteiger partial charge in [0.15, 0.2) is 0 Å². The third-order valence-electron chi connectivity index (χ3n) is 11.3. The zero-order valence-electron chi connectivity index (χ0n) is 32.8. The SMILES string of the molecule is Cc1[c-]c2c(c(C)c1)CCc1cc3c(CC(C)C)cccc3nc1-2.O=P(c1[c-]cc2ccccc2c1)(c1ccc2ccccc2c1)c1ccc2ccccc2c1.[Ir]. The summed E-state index contributed by atoms with van der Waals surface area (Å²) in [5.41, 5.74) is 10.3. The van der Waals surface area contributed by atoms with Gasteiger partial charge < -0.3 is 4.57 Å². The molecule has 0 saturated carbocycles. The third-order valence-corrected chi connectivity index (χ3v) is 14.2. The maximum atomic E-state index is 15.1. The van der Waals surface area contributed by atoms with Crippen LogP contribution in [0.3, 0.4) is 0 Å². The number of nitrogens with zero attached hydrogens (tertiary/aromatic N) is 1. The van der Waals surface area contributed by atoms with Gasteiger partial charge in [-0.3, -0.25) is 4.98 Å². The fourth-order valence-electron chi connectivity index (χ4n) is 8.49. The minimum Gasteiger partial charge on any atom is -0.311 e. The van der Waals surface area contributed by atoms with Crippen LogP contribution < -0.4 is 15.9 Å². The van der Waals surface area contributed by atoms with E-state index < -0.39 is 7.14 Å². The molecule has 9 aromatic rings. The van der Waals surface area contributed by atoms with E-state index in [-0.39, 0.29) is 20.1 Å². The van der Waals surface area contributed by atoms with Gasteiger partial charge in [-0.25, -0.2) is 0 Å². The van der Waals surface area contributed by atoms with Gasteiger partial charge >= 0.3 is 0 Å². The summed E-state index contributed by atoms with van der Waals surface area (Å²) in [6.45, 7) is 8.90. The summed E-state index contributed by atoms with van der Waals surface area (Å²) in [5, 5.41) is 10.4. The van der Waals surface area contributed by atoms with E-state index in [1.165, 1.54) is 38.8 Å². The summed E-state index contributed by atoms with van der Waals surface area (Å²) in [6.07, 6.45) is 3.29. The van der Waals surface area contributed by atoms with E-state index >= 15 is 4.57 Å². The maximum Gasteiger partial charge on any atom is 0.147 e. The molecule has 57 heavy (non-hydrogen) atoms. The van der Waals surface area contributed by atoms with Crippen LogP contribution in [-0.2, 0) is 43.9 Å². The molecule has 0 unspecified atom stereocenters. The standard InChI is InChI=1S/C30H20OP.C23H24N.Ir/c31-32(28-16-13-22-7-1-4-10-25(22)19-28,29-17-14-23-8-2-5-11-26(23)20-29)30-18-15-24-9-3-6-12-27(24)21-30;1-14(2)10-17-6-5-7-22-20(17)13-18-8-9-19-16(4)11-15(3)12-21(19)23(18)24-22;/h1-17,19-21H;5-7,11,13-14H,8-10H2,1-4H3;/q2*-1;. The summed E-state index contributed by atoms with van der Waals surface area (Å²) in [5.74, 6) is 0.658. The fraction of sp³-hybridized carbons (Fsp3) is 0.151. The molecule has 1 aliphatic carbocycles. The van der Waals surface area contributed by atoms with E-state index in [1.54, 1.807) is 0 Å². The Labute approximate surface area is 349 Å². The predicted molar refractivity (Wildman–Crippen MR) is 239 cm³/mol. The molecule has 0 atom stereocenters. The molecule has 10 rings (SSSR count). The van der Waals surface area contributed by atoms with E-state index in [4.69, 9.17) is 4.98 Å². The molecule has 0 saturated heterocycles. The monoisotopic (exact) mass is 934 g/mol. The average Bonchev–Trinajstić information content (AvgIpc) is 3.22. The Kier molecular flexibility index (Phi) is 10.9. The molecule has 0 spiro atoms. The van der Waals surface area contributed by atoms with E-state index in [2.05, 4.69) is 131 Å². The van der Waals surface area contributed by atoms with Gasteiger partial charge in [0.05, 0.1) is 5.52 Å². The van der Waals surface area contributed by atoms with Crippen molar-refractivity contribution in [3.05, 3.63) is 192 Å². The number of aryl methyl sites for hydroxylation is 3. The van der Waals surface area contributed by atoms with Crippen LogP contribution in [0.5, 0.6) is 0 Å². The van der Waals surface area contributed by atoms with Gasteiger partial charge in [-0.05, 0) is 69.8 Å². The predicted octanol–water partition coefficient (Wildman–Crippen LogP) is 12.2. The summed E-state index contributed by atoms with van der Waals surface area (Å²) < 4.78 is 15.1. The van der Waals surface area contributed by atoms with Crippen molar-refractivity contribution >= 4 is 66.3 Å². The minimum atomic E-state index is -3.15. The van der Waals surface area contributed by atoms with Crippen LogP contribution >= 0.6 is 7.14 Å². The molecule has 2 nitrogen and oxygen atoms in total. The summed E-state index contributed by atoms with van der Waals surface area (Å²) >= 11 is 0. The Bertz CT molecular complexity index is 2800. The molecule has 1 heterocycles. The number of benzene rings is 8.